The van der Waals surface area contributed by atoms with E-state index in [0.29, 0.717) is 17.8 Å². The van der Waals surface area contributed by atoms with Gasteiger partial charge in [-0.25, -0.2) is 0 Å². The van der Waals surface area contributed by atoms with E-state index in [9.17, 15) is 4.79 Å². The van der Waals surface area contributed by atoms with E-state index in [1.807, 2.05) is 40.9 Å². The second-order valence-electron chi connectivity index (χ2n) is 6.79. The highest BCUT2D eigenvalue weighted by atomic mass is 32.2. The minimum Gasteiger partial charge on any atom is -0.423 e. The van der Waals surface area contributed by atoms with Crippen molar-refractivity contribution in [3.8, 4) is 0 Å². The van der Waals surface area contributed by atoms with Gasteiger partial charge in [-0.15, -0.1) is 0 Å². The molecule has 140 valence electrons. The molecule has 2 aliphatic rings. The van der Waals surface area contributed by atoms with Gasteiger partial charge in [0.05, 0.1) is 0 Å². The summed E-state index contributed by atoms with van der Waals surface area (Å²) < 4.78 is 11.2. The molecule has 1 unspecified atom stereocenters. The standard InChI is InChI=1S/C19H25N3O3S/c23-18(20-9-13-26-14-7-11-24-12-8-14)16-5-3-10-22(16)19-21-15-4-1-2-6-17(15)25-19/h1-2,4,6,14,16H,3,5,7-13H2,(H,20,23). The number of carbonyl (C=O) groups excluding carboxylic acids is 1. The van der Waals surface area contributed by atoms with Crippen molar-refractivity contribution in [1.82, 2.24) is 10.3 Å². The third-order valence-corrected chi connectivity index (χ3v) is 6.39. The quantitative estimate of drug-likeness (QED) is 0.783. The van der Waals surface area contributed by atoms with Crippen LogP contribution in [0.25, 0.3) is 11.1 Å². The number of hydrogen-bond donors (Lipinski definition) is 1. The number of hydrogen-bond acceptors (Lipinski definition) is 6. The fourth-order valence-corrected chi connectivity index (χ4v) is 4.69. The van der Waals surface area contributed by atoms with Crippen molar-refractivity contribution in [1.29, 1.82) is 0 Å². The van der Waals surface area contributed by atoms with Gasteiger partial charge < -0.3 is 19.4 Å². The molecule has 1 aromatic carbocycles. The summed E-state index contributed by atoms with van der Waals surface area (Å²) in [6.07, 6.45) is 4.06. The Morgan fingerprint density at radius 3 is 2.96 bits per heavy atom. The van der Waals surface area contributed by atoms with Gasteiger partial charge in [-0.3, -0.25) is 4.79 Å². The third kappa shape index (κ3) is 3.99. The van der Waals surface area contributed by atoms with E-state index < -0.39 is 0 Å². The molecule has 1 atom stereocenters. The molecule has 0 spiro atoms. The van der Waals surface area contributed by atoms with Crippen LogP contribution in [0.4, 0.5) is 6.01 Å². The summed E-state index contributed by atoms with van der Waals surface area (Å²) in [5.41, 5.74) is 1.60. The van der Waals surface area contributed by atoms with E-state index in [-0.39, 0.29) is 11.9 Å². The number of thioether (sulfide) groups is 1. The van der Waals surface area contributed by atoms with Gasteiger partial charge >= 0.3 is 0 Å². The minimum atomic E-state index is -0.184. The molecule has 2 fully saturated rings. The largest absolute Gasteiger partial charge is 0.423 e. The van der Waals surface area contributed by atoms with E-state index in [1.54, 1.807) is 0 Å². The number of fused-ring (bicyclic) bond motifs is 1. The summed E-state index contributed by atoms with van der Waals surface area (Å²) in [5.74, 6) is 1.03. The van der Waals surface area contributed by atoms with Crippen LogP contribution in [0.2, 0.25) is 0 Å². The van der Waals surface area contributed by atoms with Gasteiger partial charge in [0.1, 0.15) is 11.6 Å². The van der Waals surface area contributed by atoms with Crippen molar-refractivity contribution in [2.24, 2.45) is 0 Å². The summed E-state index contributed by atoms with van der Waals surface area (Å²) >= 11 is 1.94. The fraction of sp³-hybridized carbons (Fsp3) is 0.579. The molecule has 2 aliphatic heterocycles. The van der Waals surface area contributed by atoms with Crippen molar-refractivity contribution in [3.05, 3.63) is 24.3 Å². The molecule has 0 aliphatic carbocycles. The highest BCUT2D eigenvalue weighted by molar-refractivity contribution is 7.99. The maximum absolute atomic E-state index is 12.6. The van der Waals surface area contributed by atoms with Crippen LogP contribution in [-0.4, -0.2) is 54.2 Å². The maximum Gasteiger partial charge on any atom is 0.299 e. The zero-order valence-corrected chi connectivity index (χ0v) is 15.7. The zero-order valence-electron chi connectivity index (χ0n) is 14.9. The number of carbonyl (C=O) groups is 1. The summed E-state index contributed by atoms with van der Waals surface area (Å²) in [6, 6.07) is 8.09. The smallest absolute Gasteiger partial charge is 0.299 e. The number of oxazole rings is 1. The second-order valence-corrected chi connectivity index (χ2v) is 8.20. The number of nitrogens with zero attached hydrogens (tertiary/aromatic N) is 2. The molecule has 1 N–H and O–H groups in total. The highest BCUT2D eigenvalue weighted by Gasteiger charge is 2.33. The van der Waals surface area contributed by atoms with E-state index in [0.717, 1.165) is 62.3 Å². The third-order valence-electron chi connectivity index (χ3n) is 5.01. The molecule has 2 aromatic rings. The van der Waals surface area contributed by atoms with Crippen LogP contribution < -0.4 is 10.2 Å². The predicted octanol–water partition coefficient (Wildman–Crippen LogP) is 2.83. The molecule has 7 heteroatoms. The summed E-state index contributed by atoms with van der Waals surface area (Å²) in [7, 11) is 0. The lowest BCUT2D eigenvalue weighted by molar-refractivity contribution is -0.122. The Hall–Kier alpha value is -1.73. The van der Waals surface area contributed by atoms with Crippen molar-refractivity contribution in [2.75, 3.05) is 37.0 Å². The Bertz CT molecular complexity index is 711. The topological polar surface area (TPSA) is 67.6 Å². The summed E-state index contributed by atoms with van der Waals surface area (Å²) in [5, 5.41) is 3.77. The Balaban J connectivity index is 1.30. The van der Waals surface area contributed by atoms with E-state index in [1.165, 1.54) is 0 Å². The van der Waals surface area contributed by atoms with Crippen LogP contribution in [0.5, 0.6) is 0 Å². The minimum absolute atomic E-state index is 0.0809. The van der Waals surface area contributed by atoms with Gasteiger partial charge in [0.25, 0.3) is 6.01 Å². The number of nitrogens with one attached hydrogen (secondary N) is 1. The van der Waals surface area contributed by atoms with E-state index in [4.69, 9.17) is 9.15 Å². The molecular formula is C19H25N3O3S. The molecule has 6 nitrogen and oxygen atoms in total. The van der Waals surface area contributed by atoms with Crippen LogP contribution in [0.15, 0.2) is 28.7 Å². The number of anilines is 1. The second kappa shape index (κ2) is 8.31. The van der Waals surface area contributed by atoms with Crippen LogP contribution in [0, 0.1) is 0 Å². The molecule has 26 heavy (non-hydrogen) atoms. The Labute approximate surface area is 157 Å². The van der Waals surface area contributed by atoms with Crippen LogP contribution in [0.3, 0.4) is 0 Å². The molecule has 4 rings (SSSR count). The van der Waals surface area contributed by atoms with E-state index in [2.05, 4.69) is 10.3 Å². The fourth-order valence-electron chi connectivity index (χ4n) is 3.61. The molecule has 0 bridgehead atoms. The van der Waals surface area contributed by atoms with Crippen molar-refractivity contribution in [2.45, 2.75) is 37.0 Å². The first-order valence-corrected chi connectivity index (χ1v) is 10.5. The first kappa shape index (κ1) is 17.7. The Morgan fingerprint density at radius 2 is 2.12 bits per heavy atom. The molecule has 2 saturated heterocycles. The van der Waals surface area contributed by atoms with Crippen molar-refractivity contribution >= 4 is 34.8 Å². The number of amides is 1. The summed E-state index contributed by atoms with van der Waals surface area (Å²) in [6.45, 7) is 3.25. The lowest BCUT2D eigenvalue weighted by Crippen LogP contribution is -2.44. The lowest BCUT2D eigenvalue weighted by Gasteiger charge is -2.23. The highest BCUT2D eigenvalue weighted by Crippen LogP contribution is 2.28. The van der Waals surface area contributed by atoms with E-state index >= 15 is 0 Å². The van der Waals surface area contributed by atoms with Gasteiger partial charge in [-0.05, 0) is 37.8 Å². The number of benzene rings is 1. The normalized spacial score (nSPS) is 21.4. The van der Waals surface area contributed by atoms with Crippen molar-refractivity contribution < 1.29 is 13.9 Å². The van der Waals surface area contributed by atoms with Gasteiger partial charge in [0, 0.05) is 37.3 Å². The Kier molecular flexibility index (Phi) is 5.65. The average Bonchev–Trinajstić information content (AvgIpc) is 3.32. The molecule has 1 aromatic heterocycles. The van der Waals surface area contributed by atoms with Crippen molar-refractivity contribution in [3.63, 3.8) is 0 Å². The monoisotopic (exact) mass is 375 g/mol. The maximum atomic E-state index is 12.6. The van der Waals surface area contributed by atoms with Gasteiger partial charge in [-0.2, -0.15) is 16.7 Å². The van der Waals surface area contributed by atoms with Crippen LogP contribution >= 0.6 is 11.8 Å². The van der Waals surface area contributed by atoms with Crippen LogP contribution in [0.1, 0.15) is 25.7 Å². The SMILES string of the molecule is O=C(NCCSC1CCOCC1)C1CCCN1c1nc2ccccc2o1. The molecule has 1 amide bonds. The number of ether oxygens (including phenoxy) is 1. The number of aromatic nitrogens is 1. The predicted molar refractivity (Wildman–Crippen MR) is 104 cm³/mol. The van der Waals surface area contributed by atoms with Gasteiger partial charge in [0.15, 0.2) is 5.58 Å². The Morgan fingerprint density at radius 1 is 1.27 bits per heavy atom. The van der Waals surface area contributed by atoms with Gasteiger partial charge in [0.2, 0.25) is 5.91 Å². The van der Waals surface area contributed by atoms with Gasteiger partial charge in [-0.1, -0.05) is 12.1 Å². The molecular weight excluding hydrogens is 350 g/mol. The molecule has 3 heterocycles. The zero-order chi connectivity index (χ0) is 17.8. The number of rotatable bonds is 6. The molecule has 0 radical (unpaired) electrons. The first-order chi connectivity index (χ1) is 12.8. The number of para-hydroxylation sites is 2. The molecule has 0 saturated carbocycles. The lowest BCUT2D eigenvalue weighted by atomic mass is 10.2. The first-order valence-electron chi connectivity index (χ1n) is 9.40. The van der Waals surface area contributed by atoms with Crippen LogP contribution in [-0.2, 0) is 9.53 Å². The average molecular weight is 375 g/mol. The summed E-state index contributed by atoms with van der Waals surface area (Å²) in [4.78, 5) is 19.2.